The average molecular weight is 448 g/mol. The summed E-state index contributed by atoms with van der Waals surface area (Å²) in [5.74, 6) is 0.230. The van der Waals surface area contributed by atoms with Crippen LogP contribution in [0.4, 0.5) is 8.78 Å². The number of aromatic nitrogens is 4. The smallest absolute Gasteiger partial charge is 0.269 e. The van der Waals surface area contributed by atoms with Gasteiger partial charge in [0, 0.05) is 0 Å². The van der Waals surface area contributed by atoms with Crippen LogP contribution in [0.25, 0.3) is 27.6 Å². The lowest BCUT2D eigenvalue weighted by Crippen LogP contribution is -2.22. The lowest BCUT2D eigenvalue weighted by atomic mass is 10.2. The first-order valence-electron chi connectivity index (χ1n) is 10.0. The molecular weight excluding hydrogens is 430 g/mol. The fourth-order valence-electron chi connectivity index (χ4n) is 3.76. The van der Waals surface area contributed by atoms with Crippen LogP contribution in [-0.2, 0) is 0 Å². The summed E-state index contributed by atoms with van der Waals surface area (Å²) in [6, 6.07) is 23.1. The van der Waals surface area contributed by atoms with E-state index in [0.29, 0.717) is 32.8 Å². The minimum absolute atomic E-state index is 0.209. The molecule has 1 atom stereocenters. The number of para-hydroxylation sites is 4. The summed E-state index contributed by atoms with van der Waals surface area (Å²) in [7, 11) is 0. The first-order valence-corrected chi connectivity index (χ1v) is 10.9. The van der Waals surface area contributed by atoms with Gasteiger partial charge in [-0.25, -0.2) is 9.97 Å². The molecule has 0 bridgehead atoms. The Morgan fingerprint density at radius 3 is 2.25 bits per heavy atom. The quantitative estimate of drug-likeness (QED) is 0.245. The molecule has 0 fully saturated rings. The molecule has 5 nitrogen and oxygen atoms in total. The average Bonchev–Trinajstić information content (AvgIpc) is 3.20. The maximum atomic E-state index is 13.9. The summed E-state index contributed by atoms with van der Waals surface area (Å²) < 4.78 is 30.4. The fourth-order valence-corrected chi connectivity index (χ4v) is 4.79. The maximum absolute atomic E-state index is 13.9. The molecular formula is C24H18F2N4OS. The molecule has 2 aromatic heterocycles. The molecule has 0 N–H and O–H groups in total. The SMILES string of the molecule is C[C@@H](Sc1nc2ccccc2c(=O)n1-c1ccccc1)c1nc2ccccc2n1C(F)F. The number of hydrogen-bond donors (Lipinski definition) is 0. The van der Waals surface area contributed by atoms with Crippen LogP contribution >= 0.6 is 11.8 Å². The van der Waals surface area contributed by atoms with E-state index in [4.69, 9.17) is 4.98 Å². The molecule has 0 aliphatic carbocycles. The second-order valence-corrected chi connectivity index (χ2v) is 8.56. The molecule has 0 radical (unpaired) electrons. The minimum Gasteiger partial charge on any atom is -0.269 e. The first kappa shape index (κ1) is 20.4. The van der Waals surface area contributed by atoms with E-state index in [-0.39, 0.29) is 11.4 Å². The molecule has 160 valence electrons. The Morgan fingerprint density at radius 2 is 1.50 bits per heavy atom. The highest BCUT2D eigenvalue weighted by molar-refractivity contribution is 7.99. The minimum atomic E-state index is -2.73. The van der Waals surface area contributed by atoms with E-state index in [9.17, 15) is 13.6 Å². The van der Waals surface area contributed by atoms with Crippen molar-refractivity contribution in [3.63, 3.8) is 0 Å². The number of halogens is 2. The van der Waals surface area contributed by atoms with Crippen molar-refractivity contribution in [1.82, 2.24) is 19.1 Å². The van der Waals surface area contributed by atoms with Crippen LogP contribution in [0.15, 0.2) is 88.8 Å². The second kappa shape index (κ2) is 8.20. The van der Waals surface area contributed by atoms with Gasteiger partial charge < -0.3 is 0 Å². The Hall–Kier alpha value is -3.52. The summed E-state index contributed by atoms with van der Waals surface area (Å²) in [6.45, 7) is -0.942. The van der Waals surface area contributed by atoms with Crippen molar-refractivity contribution in [3.05, 3.63) is 95.0 Å². The van der Waals surface area contributed by atoms with Crippen molar-refractivity contribution in [2.24, 2.45) is 0 Å². The van der Waals surface area contributed by atoms with E-state index in [1.54, 1.807) is 49.4 Å². The molecule has 2 heterocycles. The fraction of sp³-hybridized carbons (Fsp3) is 0.125. The van der Waals surface area contributed by atoms with Crippen molar-refractivity contribution < 1.29 is 8.78 Å². The summed E-state index contributed by atoms with van der Waals surface area (Å²) >= 11 is 1.23. The van der Waals surface area contributed by atoms with Gasteiger partial charge in [0.2, 0.25) is 0 Å². The van der Waals surface area contributed by atoms with Crippen molar-refractivity contribution in [1.29, 1.82) is 0 Å². The third-order valence-corrected chi connectivity index (χ3v) is 6.27. The van der Waals surface area contributed by atoms with Crippen molar-refractivity contribution >= 4 is 33.7 Å². The molecule has 0 aliphatic rings. The van der Waals surface area contributed by atoms with Gasteiger partial charge in [0.25, 0.3) is 5.56 Å². The molecule has 0 saturated carbocycles. The maximum Gasteiger partial charge on any atom is 0.320 e. The Morgan fingerprint density at radius 1 is 0.844 bits per heavy atom. The van der Waals surface area contributed by atoms with E-state index < -0.39 is 11.8 Å². The Labute approximate surface area is 186 Å². The molecule has 0 unspecified atom stereocenters. The van der Waals surface area contributed by atoms with Crippen LogP contribution in [0.1, 0.15) is 24.5 Å². The molecule has 0 aliphatic heterocycles. The highest BCUT2D eigenvalue weighted by atomic mass is 32.2. The van der Waals surface area contributed by atoms with Gasteiger partial charge in [0.1, 0.15) is 5.82 Å². The molecule has 0 amide bonds. The van der Waals surface area contributed by atoms with Gasteiger partial charge in [0.05, 0.1) is 32.9 Å². The number of nitrogens with zero attached hydrogens (tertiary/aromatic N) is 4. The number of hydrogen-bond acceptors (Lipinski definition) is 4. The molecule has 32 heavy (non-hydrogen) atoms. The summed E-state index contributed by atoms with van der Waals surface area (Å²) in [5, 5.41) is 0.424. The third kappa shape index (κ3) is 3.46. The van der Waals surface area contributed by atoms with E-state index in [1.807, 2.05) is 36.4 Å². The van der Waals surface area contributed by atoms with Gasteiger partial charge in [-0.1, -0.05) is 54.2 Å². The van der Waals surface area contributed by atoms with E-state index in [2.05, 4.69) is 4.98 Å². The Bertz CT molecular complexity index is 1480. The highest BCUT2D eigenvalue weighted by Gasteiger charge is 2.24. The van der Waals surface area contributed by atoms with Gasteiger partial charge >= 0.3 is 6.55 Å². The molecule has 5 rings (SSSR count). The number of thioether (sulfide) groups is 1. The normalized spacial score (nSPS) is 12.6. The predicted octanol–water partition coefficient (Wildman–Crippen LogP) is 5.98. The second-order valence-electron chi connectivity index (χ2n) is 7.25. The van der Waals surface area contributed by atoms with Gasteiger partial charge in [-0.3, -0.25) is 13.9 Å². The third-order valence-electron chi connectivity index (χ3n) is 5.22. The zero-order valence-electron chi connectivity index (χ0n) is 17.0. The van der Waals surface area contributed by atoms with Crippen molar-refractivity contribution in [2.75, 3.05) is 0 Å². The zero-order chi connectivity index (χ0) is 22.2. The van der Waals surface area contributed by atoms with Crippen LogP contribution in [-0.4, -0.2) is 19.1 Å². The monoisotopic (exact) mass is 448 g/mol. The van der Waals surface area contributed by atoms with Gasteiger partial charge in [-0.15, -0.1) is 0 Å². The number of benzene rings is 3. The zero-order valence-corrected chi connectivity index (χ0v) is 17.8. The van der Waals surface area contributed by atoms with Crippen LogP contribution in [0.5, 0.6) is 0 Å². The van der Waals surface area contributed by atoms with Gasteiger partial charge in [-0.05, 0) is 43.3 Å². The van der Waals surface area contributed by atoms with Crippen molar-refractivity contribution in [3.8, 4) is 5.69 Å². The standard InChI is InChI=1S/C24H18F2N4OS/c1-15(21-27-19-13-7-8-14-20(19)30(21)23(25)26)32-24-28-18-12-6-5-11-17(18)22(31)29(24)16-9-3-2-4-10-16/h2-15,23H,1H3/t15-/m1/s1. The summed E-state index contributed by atoms with van der Waals surface area (Å²) in [5.41, 5.74) is 1.88. The first-order chi connectivity index (χ1) is 15.5. The lowest BCUT2D eigenvalue weighted by Gasteiger charge is -2.17. The van der Waals surface area contributed by atoms with E-state index in [0.717, 1.165) is 4.57 Å². The van der Waals surface area contributed by atoms with Crippen LogP contribution in [0.3, 0.4) is 0 Å². The Kier molecular flexibility index (Phi) is 5.22. The summed E-state index contributed by atoms with van der Waals surface area (Å²) in [4.78, 5) is 22.5. The number of fused-ring (bicyclic) bond motifs is 2. The van der Waals surface area contributed by atoms with Crippen molar-refractivity contribution in [2.45, 2.75) is 23.9 Å². The molecule has 0 saturated heterocycles. The highest BCUT2D eigenvalue weighted by Crippen LogP contribution is 2.37. The van der Waals surface area contributed by atoms with E-state index in [1.165, 1.54) is 16.3 Å². The molecule has 3 aromatic carbocycles. The van der Waals surface area contributed by atoms with Gasteiger partial charge in [0.15, 0.2) is 5.16 Å². The lowest BCUT2D eigenvalue weighted by molar-refractivity contribution is 0.0715. The van der Waals surface area contributed by atoms with Crippen LogP contribution in [0, 0.1) is 0 Å². The topological polar surface area (TPSA) is 52.7 Å². The Balaban J connectivity index is 1.67. The predicted molar refractivity (Wildman–Crippen MR) is 123 cm³/mol. The number of imidazole rings is 1. The molecule has 0 spiro atoms. The van der Waals surface area contributed by atoms with Crippen LogP contribution < -0.4 is 5.56 Å². The molecule has 8 heteroatoms. The number of rotatable bonds is 5. The van der Waals surface area contributed by atoms with E-state index >= 15 is 0 Å². The number of alkyl halides is 2. The van der Waals surface area contributed by atoms with Gasteiger partial charge in [-0.2, -0.15) is 8.78 Å². The largest absolute Gasteiger partial charge is 0.320 e. The summed E-state index contributed by atoms with van der Waals surface area (Å²) in [6.07, 6.45) is 0. The van der Waals surface area contributed by atoms with Crippen LogP contribution in [0.2, 0.25) is 0 Å². The molecule has 5 aromatic rings.